The third-order valence-electron chi connectivity index (χ3n) is 6.80. The van der Waals surface area contributed by atoms with Crippen molar-refractivity contribution in [1.29, 1.82) is 5.26 Å². The maximum atomic E-state index is 13.8. The summed E-state index contributed by atoms with van der Waals surface area (Å²) in [6.07, 6.45) is 1.48. The summed E-state index contributed by atoms with van der Waals surface area (Å²) in [6.45, 7) is -0.149. The Balaban J connectivity index is 1.49. The number of nitrogens with zero attached hydrogens (tertiary/aromatic N) is 3. The molecule has 198 valence electrons. The Morgan fingerprint density at radius 3 is 2.12 bits per heavy atom. The number of rotatable bonds is 8. The summed E-state index contributed by atoms with van der Waals surface area (Å²) in [7, 11) is 3.03. The van der Waals surface area contributed by atoms with Crippen LogP contribution in [0.1, 0.15) is 26.3 Å². The first-order valence-electron chi connectivity index (χ1n) is 12.6. The number of imide groups is 1. The summed E-state index contributed by atoms with van der Waals surface area (Å²) in [4.78, 5) is 43.2. The first-order valence-corrected chi connectivity index (χ1v) is 12.6. The van der Waals surface area contributed by atoms with E-state index >= 15 is 0 Å². The number of anilines is 1. The number of para-hydroxylation sites is 2. The smallest absolute Gasteiger partial charge is 0.269 e. The van der Waals surface area contributed by atoms with E-state index in [1.54, 1.807) is 79.9 Å². The van der Waals surface area contributed by atoms with E-state index in [0.29, 0.717) is 39.3 Å². The van der Waals surface area contributed by atoms with E-state index in [2.05, 4.69) is 0 Å². The molecule has 0 N–H and O–H groups in total. The maximum Gasteiger partial charge on any atom is 0.269 e. The van der Waals surface area contributed by atoms with Gasteiger partial charge < -0.3 is 14.4 Å². The number of hydrogen-bond donors (Lipinski definition) is 0. The van der Waals surface area contributed by atoms with Gasteiger partial charge in [0.15, 0.2) is 0 Å². The van der Waals surface area contributed by atoms with Gasteiger partial charge in [0.1, 0.15) is 23.1 Å². The van der Waals surface area contributed by atoms with Crippen molar-refractivity contribution >= 4 is 40.3 Å². The standard InChI is InChI=1S/C32H25N3O5/c1-39-24-15-13-21(14-16-24)19-23(20-33)30(36)34(27-11-3-4-12-28(27)40-2)17-18-35-31(37)25-9-5-7-22-8-6-10-26(29(22)25)32(35)38/h3-16,19H,17-18H2,1-2H3. The second kappa shape index (κ2) is 11.1. The molecule has 0 atom stereocenters. The van der Waals surface area contributed by atoms with Crippen LogP contribution >= 0.6 is 0 Å². The van der Waals surface area contributed by atoms with E-state index in [-0.39, 0.29) is 18.7 Å². The van der Waals surface area contributed by atoms with E-state index in [1.165, 1.54) is 18.1 Å². The number of nitriles is 1. The van der Waals surface area contributed by atoms with Crippen molar-refractivity contribution in [3.8, 4) is 17.6 Å². The summed E-state index contributed by atoms with van der Waals surface area (Å²) in [6, 6.07) is 26.5. The predicted octanol–water partition coefficient (Wildman–Crippen LogP) is 5.09. The molecule has 0 aromatic heterocycles. The molecule has 1 heterocycles. The summed E-state index contributed by atoms with van der Waals surface area (Å²) in [5.74, 6) is -0.413. The largest absolute Gasteiger partial charge is 0.497 e. The van der Waals surface area contributed by atoms with Crippen LogP contribution in [-0.2, 0) is 4.79 Å². The molecule has 3 amide bonds. The Morgan fingerprint density at radius 1 is 0.875 bits per heavy atom. The lowest BCUT2D eigenvalue weighted by Gasteiger charge is -2.30. The van der Waals surface area contributed by atoms with Gasteiger partial charge in [-0.3, -0.25) is 19.3 Å². The topological polar surface area (TPSA) is 99.9 Å². The number of benzene rings is 4. The number of methoxy groups -OCH3 is 2. The van der Waals surface area contributed by atoms with Gasteiger partial charge in [-0.1, -0.05) is 48.5 Å². The Bertz CT molecular complexity index is 1650. The van der Waals surface area contributed by atoms with Crippen molar-refractivity contribution in [3.05, 3.63) is 107 Å². The summed E-state index contributed by atoms with van der Waals surface area (Å²) in [5.41, 5.74) is 1.78. The molecule has 1 aliphatic heterocycles. The van der Waals surface area contributed by atoms with Crippen LogP contribution in [0.15, 0.2) is 90.5 Å². The van der Waals surface area contributed by atoms with E-state index in [0.717, 1.165) is 10.3 Å². The van der Waals surface area contributed by atoms with Gasteiger partial charge >= 0.3 is 0 Å². The van der Waals surface area contributed by atoms with Crippen LogP contribution in [0.25, 0.3) is 16.8 Å². The van der Waals surface area contributed by atoms with Crippen molar-refractivity contribution in [2.75, 3.05) is 32.2 Å². The van der Waals surface area contributed by atoms with Crippen LogP contribution in [0.3, 0.4) is 0 Å². The van der Waals surface area contributed by atoms with Crippen molar-refractivity contribution in [2.45, 2.75) is 0 Å². The fourth-order valence-corrected chi connectivity index (χ4v) is 4.82. The van der Waals surface area contributed by atoms with Crippen LogP contribution in [0.2, 0.25) is 0 Å². The van der Waals surface area contributed by atoms with Crippen molar-refractivity contribution < 1.29 is 23.9 Å². The van der Waals surface area contributed by atoms with E-state index in [1.807, 2.05) is 18.2 Å². The second-order valence-electron chi connectivity index (χ2n) is 9.04. The van der Waals surface area contributed by atoms with Gasteiger partial charge in [-0.05, 0) is 53.4 Å². The van der Waals surface area contributed by atoms with Crippen molar-refractivity contribution in [1.82, 2.24) is 4.90 Å². The summed E-state index contributed by atoms with van der Waals surface area (Å²) < 4.78 is 10.7. The Kier molecular flexibility index (Phi) is 7.29. The van der Waals surface area contributed by atoms with Gasteiger partial charge in [-0.15, -0.1) is 0 Å². The maximum absolute atomic E-state index is 13.8. The molecule has 0 bridgehead atoms. The molecule has 0 saturated carbocycles. The molecule has 8 heteroatoms. The summed E-state index contributed by atoms with van der Waals surface area (Å²) >= 11 is 0. The molecule has 0 fully saturated rings. The highest BCUT2D eigenvalue weighted by molar-refractivity contribution is 6.25. The van der Waals surface area contributed by atoms with Crippen molar-refractivity contribution in [3.63, 3.8) is 0 Å². The zero-order valence-electron chi connectivity index (χ0n) is 22.0. The van der Waals surface area contributed by atoms with Crippen LogP contribution in [0, 0.1) is 11.3 Å². The number of hydrogen-bond acceptors (Lipinski definition) is 6. The second-order valence-corrected chi connectivity index (χ2v) is 9.04. The van der Waals surface area contributed by atoms with E-state index in [4.69, 9.17) is 9.47 Å². The van der Waals surface area contributed by atoms with Crippen LogP contribution in [0.4, 0.5) is 5.69 Å². The first kappa shape index (κ1) is 26.2. The zero-order chi connectivity index (χ0) is 28.2. The van der Waals surface area contributed by atoms with Gasteiger partial charge in [0.25, 0.3) is 17.7 Å². The molecule has 0 unspecified atom stereocenters. The van der Waals surface area contributed by atoms with Gasteiger partial charge in [0.05, 0.1) is 19.9 Å². The highest BCUT2D eigenvalue weighted by Gasteiger charge is 2.34. The van der Waals surface area contributed by atoms with E-state index in [9.17, 15) is 19.6 Å². The zero-order valence-corrected chi connectivity index (χ0v) is 22.0. The molecule has 5 rings (SSSR count). The molecule has 0 saturated heterocycles. The molecule has 0 aliphatic carbocycles. The first-order chi connectivity index (χ1) is 19.5. The monoisotopic (exact) mass is 531 g/mol. The molecule has 0 radical (unpaired) electrons. The number of carbonyl (C=O) groups is 3. The average molecular weight is 532 g/mol. The molecule has 8 nitrogen and oxygen atoms in total. The van der Waals surface area contributed by atoms with Crippen molar-refractivity contribution in [2.24, 2.45) is 0 Å². The highest BCUT2D eigenvalue weighted by Crippen LogP contribution is 2.32. The summed E-state index contributed by atoms with van der Waals surface area (Å²) in [5, 5.41) is 11.4. The minimum atomic E-state index is -0.595. The third kappa shape index (κ3) is 4.76. The minimum Gasteiger partial charge on any atom is -0.497 e. The van der Waals surface area contributed by atoms with Gasteiger partial charge in [-0.2, -0.15) is 5.26 Å². The third-order valence-corrected chi connectivity index (χ3v) is 6.80. The molecule has 1 aliphatic rings. The Morgan fingerprint density at radius 2 is 1.52 bits per heavy atom. The average Bonchev–Trinajstić information content (AvgIpc) is 3.00. The highest BCUT2D eigenvalue weighted by atomic mass is 16.5. The fourth-order valence-electron chi connectivity index (χ4n) is 4.82. The SMILES string of the molecule is COc1ccc(C=C(C#N)C(=O)N(CCN2C(=O)c3cccc4cccc(c34)C2=O)c2ccccc2OC)cc1. The predicted molar refractivity (Wildman–Crippen MR) is 151 cm³/mol. The molecule has 40 heavy (non-hydrogen) atoms. The number of carbonyl (C=O) groups excluding carboxylic acids is 3. The lowest BCUT2D eigenvalue weighted by Crippen LogP contribution is -2.46. The lowest BCUT2D eigenvalue weighted by atomic mass is 9.94. The quantitative estimate of drug-likeness (QED) is 0.178. The number of amides is 3. The van der Waals surface area contributed by atoms with Gasteiger partial charge in [0.2, 0.25) is 0 Å². The lowest BCUT2D eigenvalue weighted by molar-refractivity contribution is -0.114. The minimum absolute atomic E-state index is 0.0591. The molecular formula is C32H25N3O5. The van der Waals surface area contributed by atoms with Gasteiger partial charge in [0, 0.05) is 29.6 Å². The van der Waals surface area contributed by atoms with E-state index < -0.39 is 17.7 Å². The number of ether oxygens (including phenoxy) is 2. The molecular weight excluding hydrogens is 506 g/mol. The molecule has 4 aromatic rings. The van der Waals surface area contributed by atoms with Gasteiger partial charge in [-0.25, -0.2) is 0 Å². The fraction of sp³-hybridized carbons (Fsp3) is 0.125. The Hall–Kier alpha value is -5.42. The van der Waals surface area contributed by atoms with Crippen LogP contribution in [0.5, 0.6) is 11.5 Å². The molecule has 4 aromatic carbocycles. The van der Waals surface area contributed by atoms with Crippen LogP contribution in [-0.4, -0.2) is 49.9 Å². The molecule has 0 spiro atoms. The normalized spacial score (nSPS) is 12.7. The van der Waals surface area contributed by atoms with Crippen LogP contribution < -0.4 is 14.4 Å². The Labute approximate surface area is 231 Å².